The second-order valence-electron chi connectivity index (χ2n) is 7.60. The largest absolute Gasteiger partial charge is 0.496 e. The van der Waals surface area contributed by atoms with E-state index >= 15 is 0 Å². The molecule has 170 valence electrons. The molecule has 1 heterocycles. The summed E-state index contributed by atoms with van der Waals surface area (Å²) in [5.74, 6) is -0.752. The topological polar surface area (TPSA) is 105 Å². The van der Waals surface area contributed by atoms with Crippen LogP contribution in [0.25, 0.3) is 0 Å². The average Bonchev–Trinajstić information content (AvgIpc) is 2.80. The van der Waals surface area contributed by atoms with Crippen LogP contribution >= 0.6 is 0 Å². The molecule has 1 aliphatic heterocycles. The maximum atomic E-state index is 13.8. The number of hydrogen-bond acceptors (Lipinski definition) is 6. The second kappa shape index (κ2) is 9.73. The summed E-state index contributed by atoms with van der Waals surface area (Å²) in [6, 6.07) is 8.06. The van der Waals surface area contributed by atoms with Crippen molar-refractivity contribution < 1.29 is 23.6 Å². The second-order valence-corrected chi connectivity index (χ2v) is 7.60. The van der Waals surface area contributed by atoms with E-state index < -0.39 is 22.7 Å². The third-order valence-corrected chi connectivity index (χ3v) is 5.61. The highest BCUT2D eigenvalue weighted by Gasteiger charge is 2.29. The Morgan fingerprint density at radius 1 is 1.16 bits per heavy atom. The molecular weight excluding hydrogens is 419 g/mol. The van der Waals surface area contributed by atoms with E-state index in [1.54, 1.807) is 30.9 Å². The number of piperazine rings is 1. The van der Waals surface area contributed by atoms with Crippen LogP contribution in [0.4, 0.5) is 15.8 Å². The van der Waals surface area contributed by atoms with Gasteiger partial charge >= 0.3 is 0 Å². The lowest BCUT2D eigenvalue weighted by Crippen LogP contribution is -2.54. The first kappa shape index (κ1) is 23.1. The zero-order chi connectivity index (χ0) is 23.4. The number of nitrogens with one attached hydrogen (secondary N) is 1. The third-order valence-electron chi connectivity index (χ3n) is 5.61. The van der Waals surface area contributed by atoms with E-state index in [0.29, 0.717) is 43.1 Å². The summed E-state index contributed by atoms with van der Waals surface area (Å²) in [5.41, 5.74) is 0.593. The number of hydrogen-bond donors (Lipinski definition) is 1. The SMILES string of the molecule is COc1ccc(NC(=O)C(C)N2CCN(C(=O)c3ccc(C)c(F)c3)CC2)c([N+](=O)[O-])c1. The van der Waals surface area contributed by atoms with E-state index in [1.165, 1.54) is 31.4 Å². The number of anilines is 1. The molecule has 0 aliphatic carbocycles. The summed E-state index contributed by atoms with van der Waals surface area (Å²) in [7, 11) is 1.40. The van der Waals surface area contributed by atoms with Gasteiger partial charge in [0.2, 0.25) is 5.91 Å². The Hall–Kier alpha value is -3.53. The number of nitrogens with zero attached hydrogens (tertiary/aromatic N) is 3. The molecule has 0 radical (unpaired) electrons. The Kier molecular flexibility index (Phi) is 7.04. The van der Waals surface area contributed by atoms with Crippen molar-refractivity contribution in [3.05, 3.63) is 63.5 Å². The lowest BCUT2D eigenvalue weighted by Gasteiger charge is -2.37. The standard InChI is InChI=1S/C22H25FN4O5/c1-14-4-5-16(12-18(14)23)22(29)26-10-8-25(9-11-26)15(2)21(28)24-19-7-6-17(32-3)13-20(19)27(30)31/h4-7,12-13,15H,8-11H2,1-3H3,(H,24,28). The number of amides is 2. The summed E-state index contributed by atoms with van der Waals surface area (Å²) in [6.45, 7) is 4.99. The molecule has 2 aromatic carbocycles. The molecule has 9 nitrogen and oxygen atoms in total. The van der Waals surface area contributed by atoms with Gasteiger partial charge in [0, 0.05) is 31.7 Å². The summed E-state index contributed by atoms with van der Waals surface area (Å²) >= 11 is 0. The fraction of sp³-hybridized carbons (Fsp3) is 0.364. The van der Waals surface area contributed by atoms with E-state index in [0.717, 1.165) is 0 Å². The molecule has 0 bridgehead atoms. The van der Waals surface area contributed by atoms with Crippen molar-refractivity contribution in [1.82, 2.24) is 9.80 Å². The van der Waals surface area contributed by atoms with Gasteiger partial charge in [-0.1, -0.05) is 6.07 Å². The number of nitro benzene ring substituents is 1. The Labute approximate surface area is 184 Å². The molecule has 2 aromatic rings. The first-order valence-corrected chi connectivity index (χ1v) is 10.1. The molecule has 2 amide bonds. The molecule has 0 spiro atoms. The van der Waals surface area contributed by atoms with Crippen LogP contribution < -0.4 is 10.1 Å². The number of ether oxygens (including phenoxy) is 1. The summed E-state index contributed by atoms with van der Waals surface area (Å²) in [6.07, 6.45) is 0. The van der Waals surface area contributed by atoms with E-state index in [2.05, 4.69) is 5.32 Å². The van der Waals surface area contributed by atoms with E-state index in [9.17, 15) is 24.1 Å². The highest BCUT2D eigenvalue weighted by Crippen LogP contribution is 2.29. The summed E-state index contributed by atoms with van der Waals surface area (Å²) in [5, 5.41) is 13.9. The van der Waals surface area contributed by atoms with Gasteiger partial charge < -0.3 is 15.0 Å². The van der Waals surface area contributed by atoms with Crippen LogP contribution in [0.15, 0.2) is 36.4 Å². The van der Waals surface area contributed by atoms with Gasteiger partial charge in [-0.3, -0.25) is 24.6 Å². The molecule has 10 heteroatoms. The van der Waals surface area contributed by atoms with Crippen LogP contribution in [0.2, 0.25) is 0 Å². The molecule has 0 saturated carbocycles. The van der Waals surface area contributed by atoms with Crippen LogP contribution in [0.3, 0.4) is 0 Å². The van der Waals surface area contributed by atoms with Crippen molar-refractivity contribution in [2.24, 2.45) is 0 Å². The fourth-order valence-electron chi connectivity index (χ4n) is 3.52. The van der Waals surface area contributed by atoms with Crippen molar-refractivity contribution >= 4 is 23.2 Å². The molecule has 1 atom stereocenters. The number of aryl methyl sites for hydroxylation is 1. The van der Waals surface area contributed by atoms with Gasteiger partial charge in [0.15, 0.2) is 0 Å². The number of methoxy groups -OCH3 is 1. The minimum Gasteiger partial charge on any atom is -0.496 e. The monoisotopic (exact) mass is 444 g/mol. The normalized spacial score (nSPS) is 15.2. The van der Waals surface area contributed by atoms with Crippen LogP contribution in [-0.4, -0.2) is 65.9 Å². The quantitative estimate of drug-likeness (QED) is 0.543. The van der Waals surface area contributed by atoms with Crippen molar-refractivity contribution in [1.29, 1.82) is 0 Å². The molecule has 3 rings (SSSR count). The van der Waals surface area contributed by atoms with Crippen molar-refractivity contribution in [3.8, 4) is 5.75 Å². The fourth-order valence-corrected chi connectivity index (χ4v) is 3.52. The Bertz CT molecular complexity index is 1040. The molecule has 32 heavy (non-hydrogen) atoms. The van der Waals surface area contributed by atoms with Crippen LogP contribution in [-0.2, 0) is 4.79 Å². The Balaban J connectivity index is 1.61. The maximum absolute atomic E-state index is 13.8. The number of rotatable bonds is 6. The van der Waals surface area contributed by atoms with Crippen LogP contribution in [0, 0.1) is 22.9 Å². The van der Waals surface area contributed by atoms with Crippen molar-refractivity contribution in [2.45, 2.75) is 19.9 Å². The lowest BCUT2D eigenvalue weighted by atomic mass is 10.1. The van der Waals surface area contributed by atoms with Gasteiger partial charge in [0.1, 0.15) is 17.3 Å². The number of halogens is 1. The number of carbonyl (C=O) groups is 2. The average molecular weight is 444 g/mol. The zero-order valence-electron chi connectivity index (χ0n) is 18.1. The maximum Gasteiger partial charge on any atom is 0.296 e. The van der Waals surface area contributed by atoms with E-state index in [4.69, 9.17) is 4.74 Å². The Morgan fingerprint density at radius 3 is 2.44 bits per heavy atom. The van der Waals surface area contributed by atoms with Gasteiger partial charge in [-0.15, -0.1) is 0 Å². The van der Waals surface area contributed by atoms with Gasteiger partial charge in [-0.25, -0.2) is 4.39 Å². The molecular formula is C22H25FN4O5. The van der Waals surface area contributed by atoms with Crippen LogP contribution in [0.1, 0.15) is 22.8 Å². The number of benzene rings is 2. The van der Waals surface area contributed by atoms with Crippen molar-refractivity contribution in [3.63, 3.8) is 0 Å². The highest BCUT2D eigenvalue weighted by atomic mass is 19.1. The van der Waals surface area contributed by atoms with Gasteiger partial charge in [-0.2, -0.15) is 0 Å². The first-order chi connectivity index (χ1) is 15.2. The number of carbonyl (C=O) groups excluding carboxylic acids is 2. The predicted octanol–water partition coefficient (Wildman–Crippen LogP) is 2.84. The molecule has 1 fully saturated rings. The van der Waals surface area contributed by atoms with Crippen LogP contribution in [0.5, 0.6) is 5.75 Å². The minimum atomic E-state index is -0.582. The molecule has 1 aliphatic rings. The third kappa shape index (κ3) is 5.02. The highest BCUT2D eigenvalue weighted by molar-refractivity contribution is 5.97. The van der Waals surface area contributed by atoms with Gasteiger partial charge in [-0.05, 0) is 43.7 Å². The minimum absolute atomic E-state index is 0.0860. The molecule has 1 unspecified atom stereocenters. The summed E-state index contributed by atoms with van der Waals surface area (Å²) in [4.78, 5) is 39.6. The molecule has 1 N–H and O–H groups in total. The molecule has 0 aromatic heterocycles. The van der Waals surface area contributed by atoms with Gasteiger partial charge in [0.25, 0.3) is 11.6 Å². The first-order valence-electron chi connectivity index (χ1n) is 10.1. The Morgan fingerprint density at radius 2 is 1.84 bits per heavy atom. The van der Waals surface area contributed by atoms with E-state index in [1.807, 2.05) is 4.90 Å². The summed E-state index contributed by atoms with van der Waals surface area (Å²) < 4.78 is 18.8. The van der Waals surface area contributed by atoms with Gasteiger partial charge in [0.05, 0.1) is 24.1 Å². The smallest absolute Gasteiger partial charge is 0.296 e. The molecule has 1 saturated heterocycles. The van der Waals surface area contributed by atoms with Crippen molar-refractivity contribution in [2.75, 3.05) is 38.6 Å². The lowest BCUT2D eigenvalue weighted by molar-refractivity contribution is -0.384. The van der Waals surface area contributed by atoms with E-state index in [-0.39, 0.29) is 17.3 Å². The zero-order valence-corrected chi connectivity index (χ0v) is 18.1. The number of nitro groups is 1. The predicted molar refractivity (Wildman–Crippen MR) is 116 cm³/mol.